The summed E-state index contributed by atoms with van der Waals surface area (Å²) in [6, 6.07) is 1.39. The maximum atomic E-state index is 11.8. The van der Waals surface area contributed by atoms with Crippen LogP contribution in [0.3, 0.4) is 0 Å². The van der Waals surface area contributed by atoms with Crippen LogP contribution in [-0.2, 0) is 4.79 Å². The number of hydrogen-bond acceptors (Lipinski definition) is 6. The van der Waals surface area contributed by atoms with Gasteiger partial charge in [0.2, 0.25) is 11.1 Å². The number of imide groups is 1. The molecule has 8 nitrogen and oxygen atoms in total. The summed E-state index contributed by atoms with van der Waals surface area (Å²) in [5, 5.41) is 9.66. The normalized spacial score (nSPS) is 11.5. The number of nitrogens with one attached hydrogen (secondary N) is 2. The minimum atomic E-state index is -0.515. The summed E-state index contributed by atoms with van der Waals surface area (Å²) in [7, 11) is 0. The predicted molar refractivity (Wildman–Crippen MR) is 87.4 cm³/mol. The molecule has 0 aromatic carbocycles. The van der Waals surface area contributed by atoms with Gasteiger partial charge in [-0.1, -0.05) is 11.8 Å². The van der Waals surface area contributed by atoms with Crippen LogP contribution in [0.1, 0.15) is 32.2 Å². The fourth-order valence-corrected chi connectivity index (χ4v) is 2.49. The molecule has 2 heterocycles. The van der Waals surface area contributed by atoms with Crippen molar-refractivity contribution in [3.8, 4) is 0 Å². The van der Waals surface area contributed by atoms with E-state index in [2.05, 4.69) is 25.7 Å². The Labute approximate surface area is 138 Å². The third kappa shape index (κ3) is 4.92. The van der Waals surface area contributed by atoms with Crippen LogP contribution in [0.2, 0.25) is 0 Å². The minimum Gasteiger partial charge on any atom is -0.333 e. The molecule has 0 aliphatic carbocycles. The lowest BCUT2D eigenvalue weighted by Crippen LogP contribution is -2.48. The van der Waals surface area contributed by atoms with Gasteiger partial charge in [-0.05, 0) is 40.7 Å². The zero-order chi connectivity index (χ0) is 17.2. The smallest absolute Gasteiger partial charge is 0.321 e. The Morgan fingerprint density at radius 1 is 1.26 bits per heavy atom. The first-order valence-corrected chi connectivity index (χ1v) is 8.08. The van der Waals surface area contributed by atoms with Crippen molar-refractivity contribution in [3.63, 3.8) is 0 Å². The summed E-state index contributed by atoms with van der Waals surface area (Å²) in [6.45, 7) is 9.31. The number of urea groups is 1. The molecule has 0 aliphatic rings. The lowest BCUT2D eigenvalue weighted by atomic mass is 10.1. The maximum absolute atomic E-state index is 11.8. The van der Waals surface area contributed by atoms with Gasteiger partial charge in [-0.15, -0.1) is 5.10 Å². The molecule has 0 saturated carbocycles. The summed E-state index contributed by atoms with van der Waals surface area (Å²) in [6.07, 6.45) is 0. The Bertz CT molecular complexity index is 750. The van der Waals surface area contributed by atoms with E-state index in [1.165, 1.54) is 0 Å². The number of aromatic nitrogens is 4. The molecule has 2 aromatic rings. The molecule has 2 N–H and O–H groups in total. The van der Waals surface area contributed by atoms with Crippen molar-refractivity contribution in [1.29, 1.82) is 0 Å². The van der Waals surface area contributed by atoms with E-state index in [-0.39, 0.29) is 5.75 Å². The highest BCUT2D eigenvalue weighted by molar-refractivity contribution is 7.99. The van der Waals surface area contributed by atoms with Crippen LogP contribution in [0.15, 0.2) is 11.2 Å². The number of aryl methyl sites for hydroxylation is 2. The molecule has 2 rings (SSSR count). The zero-order valence-corrected chi connectivity index (χ0v) is 14.6. The summed E-state index contributed by atoms with van der Waals surface area (Å²) < 4.78 is 1.62. The van der Waals surface area contributed by atoms with Crippen molar-refractivity contribution in [3.05, 3.63) is 17.5 Å². The average molecular weight is 336 g/mol. The number of fused-ring (bicyclic) bond motifs is 1. The maximum Gasteiger partial charge on any atom is 0.321 e. The van der Waals surface area contributed by atoms with Gasteiger partial charge >= 0.3 is 6.03 Å². The van der Waals surface area contributed by atoms with Crippen LogP contribution in [0.25, 0.3) is 5.78 Å². The second kappa shape index (κ2) is 6.53. The lowest BCUT2D eigenvalue weighted by Gasteiger charge is -2.20. The quantitative estimate of drug-likeness (QED) is 0.823. The Kier molecular flexibility index (Phi) is 4.88. The van der Waals surface area contributed by atoms with Crippen molar-refractivity contribution < 1.29 is 9.59 Å². The lowest BCUT2D eigenvalue weighted by molar-refractivity contribution is -0.117. The van der Waals surface area contributed by atoms with E-state index in [0.29, 0.717) is 10.9 Å². The Morgan fingerprint density at radius 3 is 2.61 bits per heavy atom. The fraction of sp³-hybridized carbons (Fsp3) is 0.500. The van der Waals surface area contributed by atoms with Gasteiger partial charge in [0.1, 0.15) is 0 Å². The minimum absolute atomic E-state index is 0.0481. The number of amides is 3. The van der Waals surface area contributed by atoms with E-state index in [1.807, 2.05) is 40.7 Å². The first-order chi connectivity index (χ1) is 10.6. The molecule has 0 aliphatic heterocycles. The third-order valence-electron chi connectivity index (χ3n) is 2.67. The molecule has 0 spiro atoms. The van der Waals surface area contributed by atoms with Gasteiger partial charge in [0.25, 0.3) is 5.78 Å². The molecule has 23 heavy (non-hydrogen) atoms. The summed E-state index contributed by atoms with van der Waals surface area (Å²) in [4.78, 5) is 31.9. The Balaban J connectivity index is 1.94. The summed E-state index contributed by atoms with van der Waals surface area (Å²) in [5.41, 5.74) is 1.37. The second-order valence-electron chi connectivity index (χ2n) is 6.19. The summed E-state index contributed by atoms with van der Waals surface area (Å²) in [5.74, 6) is 0.138. The second-order valence-corrected chi connectivity index (χ2v) is 7.13. The zero-order valence-electron chi connectivity index (χ0n) is 13.8. The van der Waals surface area contributed by atoms with E-state index < -0.39 is 17.5 Å². The van der Waals surface area contributed by atoms with Crippen LogP contribution < -0.4 is 10.6 Å². The van der Waals surface area contributed by atoms with Gasteiger partial charge in [-0.3, -0.25) is 10.1 Å². The fourth-order valence-electron chi connectivity index (χ4n) is 1.87. The van der Waals surface area contributed by atoms with E-state index in [1.54, 1.807) is 4.52 Å². The van der Waals surface area contributed by atoms with Gasteiger partial charge in [0.15, 0.2) is 0 Å². The Hall–Kier alpha value is -2.16. The number of nitrogens with zero attached hydrogens (tertiary/aromatic N) is 4. The predicted octanol–water partition coefficient (Wildman–Crippen LogP) is 1.46. The standard InChI is InChI=1S/C14H20N6O2S/c1-8-6-9(2)20-11(15-8)17-13(19-20)23-7-10(21)16-12(22)18-14(3,4)5/h6H,7H2,1-5H3,(H2,16,18,21,22). The van der Waals surface area contributed by atoms with Crippen molar-refractivity contribution in [2.24, 2.45) is 0 Å². The topological polar surface area (TPSA) is 101 Å². The van der Waals surface area contributed by atoms with Gasteiger partial charge in [-0.2, -0.15) is 4.98 Å². The summed E-state index contributed by atoms with van der Waals surface area (Å²) >= 11 is 1.15. The Morgan fingerprint density at radius 2 is 1.96 bits per heavy atom. The highest BCUT2D eigenvalue weighted by Crippen LogP contribution is 2.14. The third-order valence-corrected chi connectivity index (χ3v) is 3.51. The van der Waals surface area contributed by atoms with E-state index in [4.69, 9.17) is 0 Å². The first kappa shape index (κ1) is 17.2. The molecule has 0 saturated heterocycles. The number of carbonyl (C=O) groups is 2. The molecular formula is C14H20N6O2S. The van der Waals surface area contributed by atoms with Crippen molar-refractivity contribution in [1.82, 2.24) is 30.2 Å². The molecule has 9 heteroatoms. The van der Waals surface area contributed by atoms with Crippen LogP contribution >= 0.6 is 11.8 Å². The molecule has 0 atom stereocenters. The molecular weight excluding hydrogens is 316 g/mol. The number of rotatable bonds is 3. The SMILES string of the molecule is Cc1cc(C)n2nc(SCC(=O)NC(=O)NC(C)(C)C)nc2n1. The van der Waals surface area contributed by atoms with E-state index in [0.717, 1.165) is 23.1 Å². The van der Waals surface area contributed by atoms with Crippen LogP contribution in [0.5, 0.6) is 0 Å². The van der Waals surface area contributed by atoms with E-state index >= 15 is 0 Å². The van der Waals surface area contributed by atoms with Crippen LogP contribution in [-0.4, -0.2) is 42.8 Å². The number of hydrogen-bond donors (Lipinski definition) is 2. The molecule has 0 unspecified atom stereocenters. The van der Waals surface area contributed by atoms with E-state index in [9.17, 15) is 9.59 Å². The molecule has 0 radical (unpaired) electrons. The van der Waals surface area contributed by atoms with Gasteiger partial charge in [0.05, 0.1) is 5.75 Å². The molecule has 3 amide bonds. The highest BCUT2D eigenvalue weighted by atomic mass is 32.2. The van der Waals surface area contributed by atoms with Gasteiger partial charge in [0, 0.05) is 16.9 Å². The van der Waals surface area contributed by atoms with Crippen molar-refractivity contribution >= 4 is 29.5 Å². The molecule has 0 bridgehead atoms. The monoisotopic (exact) mass is 336 g/mol. The molecule has 2 aromatic heterocycles. The first-order valence-electron chi connectivity index (χ1n) is 7.10. The molecule has 124 valence electrons. The molecule has 0 fully saturated rings. The number of thioether (sulfide) groups is 1. The highest BCUT2D eigenvalue weighted by Gasteiger charge is 2.16. The van der Waals surface area contributed by atoms with Crippen molar-refractivity contribution in [2.45, 2.75) is 45.3 Å². The van der Waals surface area contributed by atoms with Crippen molar-refractivity contribution in [2.75, 3.05) is 5.75 Å². The largest absolute Gasteiger partial charge is 0.333 e. The van der Waals surface area contributed by atoms with Gasteiger partial charge in [-0.25, -0.2) is 14.3 Å². The number of carbonyl (C=O) groups excluding carboxylic acids is 2. The van der Waals surface area contributed by atoms with Crippen LogP contribution in [0.4, 0.5) is 4.79 Å². The van der Waals surface area contributed by atoms with Crippen LogP contribution in [0, 0.1) is 13.8 Å². The van der Waals surface area contributed by atoms with Gasteiger partial charge < -0.3 is 5.32 Å². The average Bonchev–Trinajstić information content (AvgIpc) is 2.77.